The Kier molecular flexibility index (Phi) is 6.40. The molecular formula is C17H24O5. The maximum atomic E-state index is 12.1. The fourth-order valence-electron chi connectivity index (χ4n) is 1.83. The van der Waals surface area contributed by atoms with Crippen LogP contribution in [0.3, 0.4) is 0 Å². The number of methoxy groups -OCH3 is 1. The topological polar surface area (TPSA) is 61.8 Å². The second-order valence-corrected chi connectivity index (χ2v) is 5.92. The van der Waals surface area contributed by atoms with E-state index in [1.165, 1.54) is 0 Å². The van der Waals surface area contributed by atoms with Crippen molar-refractivity contribution in [2.75, 3.05) is 13.7 Å². The molecule has 0 radical (unpaired) electrons. The first-order valence-corrected chi connectivity index (χ1v) is 7.29. The van der Waals surface area contributed by atoms with E-state index in [0.717, 1.165) is 0 Å². The van der Waals surface area contributed by atoms with Crippen LogP contribution < -0.4 is 9.47 Å². The molecule has 0 N–H and O–H groups in total. The Morgan fingerprint density at radius 3 is 2.09 bits per heavy atom. The Balaban J connectivity index is 2.59. The average Bonchev–Trinajstić information content (AvgIpc) is 2.44. The summed E-state index contributed by atoms with van der Waals surface area (Å²) in [5.74, 6) is -0.324. The molecule has 22 heavy (non-hydrogen) atoms. The van der Waals surface area contributed by atoms with Gasteiger partial charge in [-0.2, -0.15) is 0 Å². The van der Waals surface area contributed by atoms with E-state index >= 15 is 0 Å². The van der Waals surface area contributed by atoms with Gasteiger partial charge in [0.1, 0.15) is 29.6 Å². The lowest BCUT2D eigenvalue weighted by Crippen LogP contribution is -2.34. The lowest BCUT2D eigenvalue weighted by atomic mass is 10.0. The summed E-state index contributed by atoms with van der Waals surface area (Å²) >= 11 is 0. The summed E-state index contributed by atoms with van der Waals surface area (Å²) in [5.41, 5.74) is -0.609. The van der Waals surface area contributed by atoms with Crippen molar-refractivity contribution in [2.24, 2.45) is 5.92 Å². The van der Waals surface area contributed by atoms with Crippen LogP contribution in [0.2, 0.25) is 0 Å². The first kappa shape index (κ1) is 18.0. The highest BCUT2D eigenvalue weighted by Crippen LogP contribution is 2.18. The molecule has 1 atom stereocenters. The predicted molar refractivity (Wildman–Crippen MR) is 83.1 cm³/mol. The highest BCUT2D eigenvalue weighted by Gasteiger charge is 2.29. The van der Waals surface area contributed by atoms with E-state index in [1.807, 2.05) is 0 Å². The van der Waals surface area contributed by atoms with Gasteiger partial charge in [0.2, 0.25) is 0 Å². The van der Waals surface area contributed by atoms with Crippen molar-refractivity contribution < 1.29 is 23.8 Å². The van der Waals surface area contributed by atoms with E-state index in [1.54, 1.807) is 59.1 Å². The van der Waals surface area contributed by atoms with Gasteiger partial charge < -0.3 is 14.2 Å². The Bertz CT molecular complexity index is 499. The van der Waals surface area contributed by atoms with E-state index in [2.05, 4.69) is 0 Å². The molecule has 0 aromatic heterocycles. The zero-order chi connectivity index (χ0) is 16.8. The monoisotopic (exact) mass is 308 g/mol. The van der Waals surface area contributed by atoms with Gasteiger partial charge in [-0.3, -0.25) is 9.59 Å². The number of hydrogen-bond acceptors (Lipinski definition) is 5. The van der Waals surface area contributed by atoms with E-state index in [9.17, 15) is 9.59 Å². The van der Waals surface area contributed by atoms with Gasteiger partial charge in [0.05, 0.1) is 7.11 Å². The van der Waals surface area contributed by atoms with Crippen LogP contribution in [0.5, 0.6) is 11.5 Å². The molecule has 0 heterocycles. The first-order chi connectivity index (χ1) is 10.3. The highest BCUT2D eigenvalue weighted by atomic mass is 16.6. The minimum Gasteiger partial charge on any atom is -0.497 e. The largest absolute Gasteiger partial charge is 0.497 e. The van der Waals surface area contributed by atoms with Crippen molar-refractivity contribution in [3.63, 3.8) is 0 Å². The Morgan fingerprint density at radius 1 is 1.09 bits per heavy atom. The quantitative estimate of drug-likeness (QED) is 0.572. The molecule has 5 heteroatoms. The summed E-state index contributed by atoms with van der Waals surface area (Å²) in [6.07, 6.45) is 0.389. The normalized spacial score (nSPS) is 12.4. The molecule has 0 bridgehead atoms. The molecule has 0 saturated carbocycles. The summed E-state index contributed by atoms with van der Waals surface area (Å²) in [7, 11) is 1.58. The third kappa shape index (κ3) is 5.76. The number of benzene rings is 1. The smallest absolute Gasteiger partial charge is 0.317 e. The molecule has 0 aliphatic rings. The lowest BCUT2D eigenvalue weighted by Gasteiger charge is -2.22. The van der Waals surface area contributed by atoms with E-state index in [4.69, 9.17) is 14.2 Å². The van der Waals surface area contributed by atoms with Crippen molar-refractivity contribution in [2.45, 2.75) is 39.7 Å². The lowest BCUT2D eigenvalue weighted by molar-refractivity contribution is -0.162. The van der Waals surface area contributed by atoms with Crippen molar-refractivity contribution in [1.29, 1.82) is 0 Å². The molecule has 1 aromatic carbocycles. The zero-order valence-electron chi connectivity index (χ0n) is 13.8. The van der Waals surface area contributed by atoms with Crippen LogP contribution in [0.4, 0.5) is 0 Å². The summed E-state index contributed by atoms with van der Waals surface area (Å²) in [6.45, 7) is 6.94. The van der Waals surface area contributed by atoms with Gasteiger partial charge in [0, 0.05) is 0 Å². The van der Waals surface area contributed by atoms with Gasteiger partial charge in [-0.05, 0) is 51.5 Å². The summed E-state index contributed by atoms with van der Waals surface area (Å²) in [6, 6.07) is 6.90. The Labute approximate surface area is 131 Å². The SMILES string of the molecule is CCC(C(=O)COc1ccc(OC)cc1)C(=O)OC(C)(C)C. The molecule has 122 valence electrons. The Hall–Kier alpha value is -2.04. The number of esters is 1. The third-order valence-electron chi connectivity index (χ3n) is 2.93. The zero-order valence-corrected chi connectivity index (χ0v) is 13.8. The van der Waals surface area contributed by atoms with Crippen LogP contribution in [0.15, 0.2) is 24.3 Å². The molecule has 0 spiro atoms. The Morgan fingerprint density at radius 2 is 1.64 bits per heavy atom. The van der Waals surface area contributed by atoms with Crippen LogP contribution in [0.1, 0.15) is 34.1 Å². The second kappa shape index (κ2) is 7.82. The van der Waals surface area contributed by atoms with E-state index < -0.39 is 17.5 Å². The number of Topliss-reactive ketones (excluding diaryl/α,β-unsaturated/α-hetero) is 1. The molecule has 0 saturated heterocycles. The molecule has 5 nitrogen and oxygen atoms in total. The number of rotatable bonds is 7. The molecule has 0 aliphatic carbocycles. The standard InChI is InChI=1S/C17H24O5/c1-6-14(16(19)22-17(2,3)4)15(18)11-21-13-9-7-12(20-5)8-10-13/h7-10,14H,6,11H2,1-5H3. The fraction of sp³-hybridized carbons (Fsp3) is 0.529. The number of ketones is 1. The van der Waals surface area contributed by atoms with Crippen LogP contribution in [0, 0.1) is 5.92 Å². The van der Waals surface area contributed by atoms with Crippen molar-refractivity contribution in [1.82, 2.24) is 0 Å². The molecule has 1 aromatic rings. The molecule has 1 rings (SSSR count). The maximum absolute atomic E-state index is 12.1. The molecular weight excluding hydrogens is 284 g/mol. The second-order valence-electron chi connectivity index (χ2n) is 5.92. The third-order valence-corrected chi connectivity index (χ3v) is 2.93. The minimum absolute atomic E-state index is 0.163. The van der Waals surface area contributed by atoms with Gasteiger partial charge in [-0.25, -0.2) is 0 Å². The van der Waals surface area contributed by atoms with Crippen molar-refractivity contribution >= 4 is 11.8 Å². The number of carbonyl (C=O) groups is 2. The maximum Gasteiger partial charge on any atom is 0.317 e. The fourth-order valence-corrected chi connectivity index (χ4v) is 1.83. The van der Waals surface area contributed by atoms with Gasteiger partial charge in [-0.1, -0.05) is 6.92 Å². The molecule has 0 amide bonds. The van der Waals surface area contributed by atoms with Crippen LogP contribution >= 0.6 is 0 Å². The van der Waals surface area contributed by atoms with Crippen molar-refractivity contribution in [3.05, 3.63) is 24.3 Å². The minimum atomic E-state index is -0.794. The number of carbonyl (C=O) groups excluding carboxylic acids is 2. The summed E-state index contributed by atoms with van der Waals surface area (Å²) in [5, 5.41) is 0. The summed E-state index contributed by atoms with van der Waals surface area (Å²) in [4.78, 5) is 24.2. The van der Waals surface area contributed by atoms with Gasteiger partial charge in [-0.15, -0.1) is 0 Å². The van der Waals surface area contributed by atoms with Gasteiger partial charge in [0.15, 0.2) is 5.78 Å². The van der Waals surface area contributed by atoms with Gasteiger partial charge in [0.25, 0.3) is 0 Å². The molecule has 0 fully saturated rings. The van der Waals surface area contributed by atoms with E-state index in [-0.39, 0.29) is 12.4 Å². The van der Waals surface area contributed by atoms with Gasteiger partial charge >= 0.3 is 5.97 Å². The molecule has 0 aliphatic heterocycles. The average molecular weight is 308 g/mol. The number of ether oxygens (including phenoxy) is 3. The number of hydrogen-bond donors (Lipinski definition) is 0. The van der Waals surface area contributed by atoms with E-state index in [0.29, 0.717) is 17.9 Å². The van der Waals surface area contributed by atoms with Crippen molar-refractivity contribution in [3.8, 4) is 11.5 Å². The van der Waals surface area contributed by atoms with Crippen LogP contribution in [-0.2, 0) is 14.3 Å². The van der Waals surface area contributed by atoms with Crippen LogP contribution in [-0.4, -0.2) is 31.1 Å². The van der Waals surface area contributed by atoms with Crippen LogP contribution in [0.25, 0.3) is 0 Å². The molecule has 1 unspecified atom stereocenters. The first-order valence-electron chi connectivity index (χ1n) is 7.29. The predicted octanol–water partition coefficient (Wildman–Crippen LogP) is 3.01. The highest BCUT2D eigenvalue weighted by molar-refractivity contribution is 5.99. The summed E-state index contributed by atoms with van der Waals surface area (Å²) < 4.78 is 15.7.